The van der Waals surface area contributed by atoms with Crippen molar-refractivity contribution in [2.24, 2.45) is 16.0 Å². The third kappa shape index (κ3) is 6.65. The molecular weight excluding hydrogens is 474 g/mol. The van der Waals surface area contributed by atoms with Crippen molar-refractivity contribution in [1.82, 2.24) is 19.3 Å². The van der Waals surface area contributed by atoms with Crippen molar-refractivity contribution in [2.45, 2.75) is 63.8 Å². The van der Waals surface area contributed by atoms with Crippen LogP contribution in [-0.4, -0.2) is 71.4 Å². The minimum absolute atomic E-state index is 0.0920. The summed E-state index contributed by atoms with van der Waals surface area (Å²) in [6, 6.07) is 1.11. The Morgan fingerprint density at radius 2 is 2.20 bits per heavy atom. The number of likely N-dealkylation sites (tertiary alicyclic amines) is 1. The highest BCUT2D eigenvalue weighted by molar-refractivity contribution is 7.99. The number of ether oxygens (including phenoxy) is 1. The van der Waals surface area contributed by atoms with Crippen LogP contribution >= 0.6 is 11.9 Å². The molecular formula is C25H39N7OSSi. The Morgan fingerprint density at radius 3 is 2.91 bits per heavy atom. The van der Waals surface area contributed by atoms with Crippen LogP contribution in [0.2, 0.25) is 25.7 Å². The van der Waals surface area contributed by atoms with Crippen LogP contribution < -0.4 is 10.6 Å². The minimum Gasteiger partial charge on any atom is -0.361 e. The summed E-state index contributed by atoms with van der Waals surface area (Å²) in [4.78, 5) is 14.3. The van der Waals surface area contributed by atoms with Crippen molar-refractivity contribution in [1.29, 1.82) is 0 Å². The van der Waals surface area contributed by atoms with Gasteiger partial charge < -0.3 is 15.4 Å². The number of aromatic nitrogens is 3. The fraction of sp³-hybridized carbons (Fsp3) is 0.640. The molecule has 4 rings (SSSR count). The van der Waals surface area contributed by atoms with Gasteiger partial charge in [0.1, 0.15) is 17.8 Å². The molecule has 2 aliphatic heterocycles. The van der Waals surface area contributed by atoms with Crippen molar-refractivity contribution >= 4 is 37.2 Å². The maximum absolute atomic E-state index is 6.23. The molecule has 2 aliphatic rings. The Morgan fingerprint density at radius 1 is 1.37 bits per heavy atom. The van der Waals surface area contributed by atoms with Gasteiger partial charge in [-0.25, -0.2) is 14.4 Å². The molecule has 2 aromatic heterocycles. The Balaban J connectivity index is 1.56. The first-order valence-electron chi connectivity index (χ1n) is 12.6. The summed E-state index contributed by atoms with van der Waals surface area (Å²) in [5.74, 6) is 4.23. The maximum atomic E-state index is 6.23. The Bertz CT molecular complexity index is 1090. The first-order chi connectivity index (χ1) is 16.8. The van der Waals surface area contributed by atoms with Crippen molar-refractivity contribution in [2.75, 3.05) is 37.9 Å². The topological polar surface area (TPSA) is 84.3 Å². The van der Waals surface area contributed by atoms with E-state index >= 15 is 0 Å². The molecule has 35 heavy (non-hydrogen) atoms. The molecule has 0 bridgehead atoms. The Labute approximate surface area is 214 Å². The van der Waals surface area contributed by atoms with Crippen LogP contribution in [0.25, 0.3) is 5.65 Å². The highest BCUT2D eigenvalue weighted by Gasteiger charge is 2.31. The van der Waals surface area contributed by atoms with E-state index < -0.39 is 8.07 Å². The molecule has 0 aliphatic carbocycles. The molecule has 10 heteroatoms. The number of hydrogen-bond donors (Lipinski definition) is 1. The third-order valence-electron chi connectivity index (χ3n) is 6.59. The lowest BCUT2D eigenvalue weighted by atomic mass is 10.00. The summed E-state index contributed by atoms with van der Waals surface area (Å²) in [5, 5.41) is 0.0920. The normalized spacial score (nSPS) is 21.3. The van der Waals surface area contributed by atoms with Gasteiger partial charge in [-0.1, -0.05) is 32.5 Å². The second-order valence-corrected chi connectivity index (χ2v) is 17.5. The van der Waals surface area contributed by atoms with Gasteiger partial charge in [0.15, 0.2) is 11.5 Å². The fourth-order valence-corrected chi connectivity index (χ4v) is 6.30. The van der Waals surface area contributed by atoms with E-state index in [1.54, 1.807) is 18.1 Å². The molecule has 0 amide bonds. The number of hydrogen-bond acceptors (Lipinski definition) is 8. The van der Waals surface area contributed by atoms with Crippen molar-refractivity contribution in [3.8, 4) is 12.3 Å². The van der Waals surface area contributed by atoms with Crippen LogP contribution in [0.15, 0.2) is 16.8 Å². The zero-order chi connectivity index (χ0) is 25.0. The summed E-state index contributed by atoms with van der Waals surface area (Å²) in [5.41, 5.74) is 9.42. The number of rotatable bonds is 10. The van der Waals surface area contributed by atoms with Gasteiger partial charge >= 0.3 is 0 Å². The summed E-state index contributed by atoms with van der Waals surface area (Å²) in [6.07, 6.45) is 12.8. The Hall–Kier alpha value is -1.90. The minimum atomic E-state index is -1.19. The van der Waals surface area contributed by atoms with E-state index in [4.69, 9.17) is 26.3 Å². The van der Waals surface area contributed by atoms with E-state index in [0.29, 0.717) is 19.0 Å². The molecule has 2 aromatic rings. The first kappa shape index (κ1) is 26.2. The smallest absolute Gasteiger partial charge is 0.181 e. The number of terminal acetylenes is 1. The highest BCUT2D eigenvalue weighted by Crippen LogP contribution is 2.34. The van der Waals surface area contributed by atoms with Crippen LogP contribution in [0.3, 0.4) is 0 Å². The summed E-state index contributed by atoms with van der Waals surface area (Å²) >= 11 is 1.61. The van der Waals surface area contributed by atoms with Crippen molar-refractivity contribution in [3.05, 3.63) is 23.8 Å². The summed E-state index contributed by atoms with van der Waals surface area (Å²) in [6.45, 7) is 14.2. The molecule has 2 atom stereocenters. The quantitative estimate of drug-likeness (QED) is 0.170. The van der Waals surface area contributed by atoms with Gasteiger partial charge in [0, 0.05) is 52.6 Å². The molecule has 8 nitrogen and oxygen atoms in total. The molecule has 190 valence electrons. The number of piperidine rings is 1. The van der Waals surface area contributed by atoms with E-state index in [1.165, 1.54) is 18.6 Å². The van der Waals surface area contributed by atoms with Gasteiger partial charge in [0.2, 0.25) is 0 Å². The highest BCUT2D eigenvalue weighted by atomic mass is 32.2. The summed E-state index contributed by atoms with van der Waals surface area (Å²) < 4.78 is 13.0. The Kier molecular flexibility index (Phi) is 8.55. The van der Waals surface area contributed by atoms with Gasteiger partial charge in [0.25, 0.3) is 0 Å². The predicted molar refractivity (Wildman–Crippen MR) is 149 cm³/mol. The van der Waals surface area contributed by atoms with Crippen LogP contribution in [0.1, 0.15) is 37.6 Å². The van der Waals surface area contributed by atoms with Crippen LogP contribution in [-0.2, 0) is 11.3 Å². The lowest BCUT2D eigenvalue weighted by Gasteiger charge is -2.31. The molecule has 0 aromatic carbocycles. The van der Waals surface area contributed by atoms with E-state index in [1.807, 2.05) is 10.6 Å². The van der Waals surface area contributed by atoms with Gasteiger partial charge in [-0.2, -0.15) is 0 Å². The second kappa shape index (κ2) is 11.4. The van der Waals surface area contributed by atoms with Crippen molar-refractivity contribution in [3.63, 3.8) is 0 Å². The zero-order valence-electron chi connectivity index (χ0n) is 21.5. The number of nitrogens with two attached hydrogens (primary N) is 1. The average molecular weight is 514 g/mol. The number of anilines is 1. The lowest BCUT2D eigenvalue weighted by Crippen LogP contribution is -2.40. The molecule has 2 unspecified atom stereocenters. The average Bonchev–Trinajstić information content (AvgIpc) is 3.44. The van der Waals surface area contributed by atoms with Crippen LogP contribution in [0.4, 0.5) is 5.82 Å². The molecule has 0 saturated carbocycles. The standard InChI is InChI=1S/C25H39N7OSSi/c1-6-22-14-27-24-25(28-21(13-26)17-31(22)24)32(18-33-10-11-35(3,4)5)23-12-20(29-34-23)16-30-9-7-8-19(2)15-30/h1,14,17,19,23H,7-13,15-16,18,26H2,2-5H3. The molecule has 0 spiro atoms. The zero-order valence-corrected chi connectivity index (χ0v) is 23.4. The molecule has 4 heterocycles. The van der Waals surface area contributed by atoms with Crippen LogP contribution in [0, 0.1) is 18.3 Å². The number of imidazole rings is 1. The lowest BCUT2D eigenvalue weighted by molar-refractivity contribution is 0.145. The first-order valence-corrected chi connectivity index (χ1v) is 17.1. The largest absolute Gasteiger partial charge is 0.361 e. The molecule has 1 fully saturated rings. The van der Waals surface area contributed by atoms with Gasteiger partial charge in [-0.05, 0) is 43.3 Å². The molecule has 0 radical (unpaired) electrons. The monoisotopic (exact) mass is 513 g/mol. The van der Waals surface area contributed by atoms with Crippen molar-refractivity contribution < 1.29 is 4.74 Å². The molecule has 1 saturated heterocycles. The van der Waals surface area contributed by atoms with Gasteiger partial charge in [-0.15, -0.1) is 6.42 Å². The van der Waals surface area contributed by atoms with E-state index in [2.05, 4.69) is 47.3 Å². The van der Waals surface area contributed by atoms with E-state index in [9.17, 15) is 0 Å². The SMILES string of the molecule is C#Cc1cnc2c(N(COCC[Si](C)(C)C)C3CC(CN4CCCC(C)C4)=NS3)nc(CN)cn12. The number of fused-ring (bicyclic) bond motifs is 1. The third-order valence-corrected chi connectivity index (χ3v) is 9.32. The second-order valence-electron chi connectivity index (χ2n) is 11.0. The maximum Gasteiger partial charge on any atom is 0.181 e. The van der Waals surface area contributed by atoms with Gasteiger partial charge in [-0.3, -0.25) is 9.30 Å². The van der Waals surface area contributed by atoms with E-state index in [-0.39, 0.29) is 5.37 Å². The molecule has 2 N–H and O–H groups in total. The number of nitrogens with zero attached hydrogens (tertiary/aromatic N) is 6. The van der Waals surface area contributed by atoms with Gasteiger partial charge in [0.05, 0.1) is 11.9 Å². The predicted octanol–water partition coefficient (Wildman–Crippen LogP) is 3.84. The summed E-state index contributed by atoms with van der Waals surface area (Å²) in [7, 11) is -1.19. The fourth-order valence-electron chi connectivity index (χ4n) is 4.60. The van der Waals surface area contributed by atoms with E-state index in [0.717, 1.165) is 61.8 Å². The van der Waals surface area contributed by atoms with Crippen LogP contribution in [0.5, 0.6) is 0 Å².